The number of halogens is 1. The van der Waals surface area contributed by atoms with Gasteiger partial charge in [-0.1, -0.05) is 23.7 Å². The topological polar surface area (TPSA) is 75.4 Å². The minimum absolute atomic E-state index is 0.136. The Morgan fingerprint density at radius 3 is 2.67 bits per heavy atom. The summed E-state index contributed by atoms with van der Waals surface area (Å²) in [4.78, 5) is 23.9. The van der Waals surface area contributed by atoms with Gasteiger partial charge >= 0.3 is 0 Å². The Bertz CT molecular complexity index is 989. The van der Waals surface area contributed by atoms with Crippen molar-refractivity contribution in [1.29, 1.82) is 0 Å². The van der Waals surface area contributed by atoms with Gasteiger partial charge in [-0.15, -0.1) is 0 Å². The SMILES string of the molecule is O=[N+]([O-])c1cccc(CN2CCN(c3ncnc4cc(Cl)ccc34)CC2)c1. The Kier molecular flexibility index (Phi) is 4.87. The highest BCUT2D eigenvalue weighted by Crippen LogP contribution is 2.26. The van der Waals surface area contributed by atoms with Crippen molar-refractivity contribution < 1.29 is 4.92 Å². The lowest BCUT2D eigenvalue weighted by molar-refractivity contribution is -0.384. The minimum atomic E-state index is -0.353. The molecule has 0 bridgehead atoms. The number of nitrogens with zero attached hydrogens (tertiary/aromatic N) is 5. The molecule has 0 N–H and O–H groups in total. The average Bonchev–Trinajstić information content (AvgIpc) is 2.68. The number of hydrogen-bond acceptors (Lipinski definition) is 6. The number of fused-ring (bicyclic) bond motifs is 1. The summed E-state index contributed by atoms with van der Waals surface area (Å²) in [5, 5.41) is 12.6. The first-order valence-electron chi connectivity index (χ1n) is 8.71. The van der Waals surface area contributed by atoms with E-state index < -0.39 is 0 Å². The molecule has 1 aliphatic heterocycles. The van der Waals surface area contributed by atoms with Crippen molar-refractivity contribution in [1.82, 2.24) is 14.9 Å². The van der Waals surface area contributed by atoms with Gasteiger partial charge in [0.15, 0.2) is 0 Å². The minimum Gasteiger partial charge on any atom is -0.353 e. The summed E-state index contributed by atoms with van der Waals surface area (Å²) in [6, 6.07) is 12.5. The normalized spacial score (nSPS) is 15.2. The molecule has 1 saturated heterocycles. The van der Waals surface area contributed by atoms with Crippen LogP contribution in [0, 0.1) is 10.1 Å². The van der Waals surface area contributed by atoms with Crippen LogP contribution in [0.5, 0.6) is 0 Å². The molecule has 8 heteroatoms. The molecular weight excluding hydrogens is 366 g/mol. The van der Waals surface area contributed by atoms with Gasteiger partial charge in [0.1, 0.15) is 12.1 Å². The monoisotopic (exact) mass is 383 g/mol. The van der Waals surface area contributed by atoms with Crippen LogP contribution >= 0.6 is 11.6 Å². The average molecular weight is 384 g/mol. The van der Waals surface area contributed by atoms with E-state index in [1.165, 1.54) is 6.07 Å². The van der Waals surface area contributed by atoms with Crippen LogP contribution < -0.4 is 4.90 Å². The zero-order valence-electron chi connectivity index (χ0n) is 14.6. The summed E-state index contributed by atoms with van der Waals surface area (Å²) in [6.45, 7) is 4.10. The molecule has 0 aliphatic carbocycles. The van der Waals surface area contributed by atoms with Crippen molar-refractivity contribution in [3.63, 3.8) is 0 Å². The number of rotatable bonds is 4. The standard InChI is InChI=1S/C19H18ClN5O2/c20-15-4-5-17-18(11-15)21-13-22-19(17)24-8-6-23(7-9-24)12-14-2-1-3-16(10-14)25(26)27/h1-5,10-11,13H,6-9,12H2. The molecule has 138 valence electrons. The Morgan fingerprint density at radius 2 is 1.89 bits per heavy atom. The summed E-state index contributed by atoms with van der Waals surface area (Å²) in [7, 11) is 0. The number of anilines is 1. The second-order valence-corrected chi connectivity index (χ2v) is 6.99. The van der Waals surface area contributed by atoms with E-state index in [2.05, 4.69) is 19.8 Å². The lowest BCUT2D eigenvalue weighted by Crippen LogP contribution is -2.46. The maximum atomic E-state index is 10.9. The maximum absolute atomic E-state index is 10.9. The van der Waals surface area contributed by atoms with Gasteiger partial charge in [0.25, 0.3) is 5.69 Å². The van der Waals surface area contributed by atoms with E-state index in [0.717, 1.165) is 48.5 Å². The predicted octanol–water partition coefficient (Wildman–Crippen LogP) is 3.51. The van der Waals surface area contributed by atoms with Gasteiger partial charge in [0.2, 0.25) is 0 Å². The fourth-order valence-corrected chi connectivity index (χ4v) is 3.58. The zero-order valence-corrected chi connectivity index (χ0v) is 15.3. The number of benzene rings is 2. The van der Waals surface area contributed by atoms with Gasteiger partial charge in [0, 0.05) is 55.3 Å². The summed E-state index contributed by atoms with van der Waals surface area (Å²) >= 11 is 6.06. The van der Waals surface area contributed by atoms with Gasteiger partial charge < -0.3 is 4.90 Å². The summed E-state index contributed by atoms with van der Waals surface area (Å²) in [6.07, 6.45) is 1.57. The van der Waals surface area contributed by atoms with Crippen molar-refractivity contribution in [2.75, 3.05) is 31.1 Å². The first-order valence-corrected chi connectivity index (χ1v) is 9.09. The Hall–Kier alpha value is -2.77. The molecule has 2 aromatic carbocycles. The van der Waals surface area contributed by atoms with E-state index in [4.69, 9.17) is 11.6 Å². The van der Waals surface area contributed by atoms with Gasteiger partial charge in [0.05, 0.1) is 10.4 Å². The van der Waals surface area contributed by atoms with Crippen molar-refractivity contribution >= 4 is 34.0 Å². The number of nitro groups is 1. The van der Waals surface area contributed by atoms with E-state index in [1.54, 1.807) is 18.5 Å². The Labute approximate surface area is 161 Å². The third-order valence-electron chi connectivity index (χ3n) is 4.78. The van der Waals surface area contributed by atoms with Crippen LogP contribution in [0.4, 0.5) is 11.5 Å². The second kappa shape index (κ2) is 7.46. The summed E-state index contributed by atoms with van der Waals surface area (Å²) in [5.41, 5.74) is 1.93. The van der Waals surface area contributed by atoms with Crippen LogP contribution in [-0.4, -0.2) is 46.0 Å². The molecular formula is C19H18ClN5O2. The van der Waals surface area contributed by atoms with Crippen LogP contribution in [0.15, 0.2) is 48.8 Å². The van der Waals surface area contributed by atoms with Crippen LogP contribution in [0.2, 0.25) is 5.02 Å². The molecule has 0 unspecified atom stereocenters. The highest BCUT2D eigenvalue weighted by Gasteiger charge is 2.20. The van der Waals surface area contributed by atoms with Crippen molar-refractivity contribution in [3.8, 4) is 0 Å². The lowest BCUT2D eigenvalue weighted by atomic mass is 10.1. The highest BCUT2D eigenvalue weighted by molar-refractivity contribution is 6.31. The molecule has 27 heavy (non-hydrogen) atoms. The van der Waals surface area contributed by atoms with E-state index in [-0.39, 0.29) is 10.6 Å². The Balaban J connectivity index is 1.45. The second-order valence-electron chi connectivity index (χ2n) is 6.55. The largest absolute Gasteiger partial charge is 0.353 e. The van der Waals surface area contributed by atoms with Crippen molar-refractivity contribution in [3.05, 3.63) is 69.5 Å². The number of non-ortho nitro benzene ring substituents is 1. The molecule has 0 spiro atoms. The fraction of sp³-hybridized carbons (Fsp3) is 0.263. The van der Waals surface area contributed by atoms with Crippen molar-refractivity contribution in [2.45, 2.75) is 6.54 Å². The highest BCUT2D eigenvalue weighted by atomic mass is 35.5. The molecule has 1 aliphatic rings. The predicted molar refractivity (Wildman–Crippen MR) is 105 cm³/mol. The third kappa shape index (κ3) is 3.84. The molecule has 1 aromatic heterocycles. The van der Waals surface area contributed by atoms with E-state index >= 15 is 0 Å². The van der Waals surface area contributed by atoms with Gasteiger partial charge in [-0.2, -0.15) is 0 Å². The van der Waals surface area contributed by atoms with Gasteiger partial charge in [-0.25, -0.2) is 9.97 Å². The number of hydrogen-bond donors (Lipinski definition) is 0. The first-order chi connectivity index (χ1) is 13.1. The number of piperazine rings is 1. The molecule has 4 rings (SSSR count). The van der Waals surface area contributed by atoms with E-state index in [9.17, 15) is 10.1 Å². The van der Waals surface area contributed by atoms with Gasteiger partial charge in [-0.05, 0) is 23.8 Å². The van der Waals surface area contributed by atoms with Crippen LogP contribution in [-0.2, 0) is 6.54 Å². The molecule has 3 aromatic rings. The van der Waals surface area contributed by atoms with Gasteiger partial charge in [-0.3, -0.25) is 15.0 Å². The summed E-state index contributed by atoms with van der Waals surface area (Å²) < 4.78 is 0. The van der Waals surface area contributed by atoms with E-state index in [0.29, 0.717) is 11.6 Å². The molecule has 0 amide bonds. The van der Waals surface area contributed by atoms with Crippen LogP contribution in [0.1, 0.15) is 5.56 Å². The summed E-state index contributed by atoms with van der Waals surface area (Å²) in [5.74, 6) is 0.923. The molecule has 2 heterocycles. The molecule has 7 nitrogen and oxygen atoms in total. The number of nitro benzene ring substituents is 1. The molecule has 1 fully saturated rings. The quantitative estimate of drug-likeness (QED) is 0.507. The van der Waals surface area contributed by atoms with Crippen LogP contribution in [0.25, 0.3) is 10.9 Å². The fourth-order valence-electron chi connectivity index (χ4n) is 3.41. The lowest BCUT2D eigenvalue weighted by Gasteiger charge is -2.35. The number of aromatic nitrogens is 2. The smallest absolute Gasteiger partial charge is 0.269 e. The maximum Gasteiger partial charge on any atom is 0.269 e. The van der Waals surface area contributed by atoms with E-state index in [1.807, 2.05) is 24.3 Å². The van der Waals surface area contributed by atoms with Crippen molar-refractivity contribution in [2.24, 2.45) is 0 Å². The Morgan fingerprint density at radius 1 is 1.07 bits per heavy atom. The molecule has 0 atom stereocenters. The molecule has 0 radical (unpaired) electrons. The third-order valence-corrected chi connectivity index (χ3v) is 5.01. The first kappa shape index (κ1) is 17.6. The van der Waals surface area contributed by atoms with Crippen LogP contribution in [0.3, 0.4) is 0 Å². The zero-order chi connectivity index (χ0) is 18.8. The molecule has 0 saturated carbocycles.